The molecule has 0 saturated heterocycles. The molecule has 0 aliphatic carbocycles. The molecule has 2 amide bonds. The van der Waals surface area contributed by atoms with Crippen molar-refractivity contribution >= 4 is 55.0 Å². The van der Waals surface area contributed by atoms with E-state index in [9.17, 15) is 9.59 Å². The zero-order chi connectivity index (χ0) is 36.8. The number of anilines is 2. The number of para-hydroxylation sites is 2. The van der Waals surface area contributed by atoms with Gasteiger partial charge < -0.3 is 50.8 Å². The fourth-order valence-corrected chi connectivity index (χ4v) is 8.86. The minimum Gasteiger partial charge on any atom is -0.493 e. The van der Waals surface area contributed by atoms with Crippen molar-refractivity contribution in [2.75, 3.05) is 51.3 Å². The van der Waals surface area contributed by atoms with Crippen LogP contribution in [0.3, 0.4) is 0 Å². The third-order valence-electron chi connectivity index (χ3n) is 10.1. The van der Waals surface area contributed by atoms with Crippen LogP contribution in [0.25, 0.3) is 0 Å². The Bertz CT molecular complexity index is 1920. The number of hydrogen-bond donors (Lipinski definition) is 4. The van der Waals surface area contributed by atoms with Gasteiger partial charge in [-0.1, -0.05) is 24.3 Å². The molecule has 0 bridgehead atoms. The van der Waals surface area contributed by atoms with E-state index in [1.165, 1.54) is 0 Å². The molecule has 4 aliphatic rings. The summed E-state index contributed by atoms with van der Waals surface area (Å²) >= 11 is 7.07. The largest absolute Gasteiger partial charge is 0.493 e. The van der Waals surface area contributed by atoms with Gasteiger partial charge in [-0.15, -0.1) is 0 Å². The number of methoxy groups -OCH3 is 4. The van der Waals surface area contributed by atoms with E-state index in [2.05, 4.69) is 52.3 Å². The zero-order valence-electron chi connectivity index (χ0n) is 29.2. The van der Waals surface area contributed by atoms with Gasteiger partial charge in [-0.05, 0) is 103 Å². The molecule has 14 heteroatoms. The molecule has 0 aromatic heterocycles. The van der Waals surface area contributed by atoms with Crippen molar-refractivity contribution in [2.24, 2.45) is 11.5 Å². The van der Waals surface area contributed by atoms with Gasteiger partial charge in [0.1, 0.15) is 12.3 Å². The predicted octanol–water partition coefficient (Wildman–Crippen LogP) is 6.24. The second kappa shape index (κ2) is 14.5. The fraction of sp³-hybridized carbons (Fsp3) is 0.316. The van der Waals surface area contributed by atoms with Crippen molar-refractivity contribution in [1.29, 1.82) is 0 Å². The van der Waals surface area contributed by atoms with Crippen molar-refractivity contribution < 1.29 is 28.5 Å². The summed E-state index contributed by atoms with van der Waals surface area (Å²) in [5.41, 5.74) is 19.7. The molecular weight excluding hydrogens is 796 g/mol. The molecule has 0 radical (unpaired) electrons. The quantitative estimate of drug-likeness (QED) is 0.176. The van der Waals surface area contributed by atoms with Crippen LogP contribution in [0.1, 0.15) is 80.2 Å². The van der Waals surface area contributed by atoms with Gasteiger partial charge in [0.15, 0.2) is 23.0 Å². The fourth-order valence-electron chi connectivity index (χ4n) is 7.61. The number of carbonyl (C=O) groups is 2. The molecule has 8 rings (SSSR count). The minimum atomic E-state index is -0.292. The minimum absolute atomic E-state index is 0.0510. The van der Waals surface area contributed by atoms with Crippen LogP contribution in [0.5, 0.6) is 23.0 Å². The molecule has 0 unspecified atom stereocenters. The summed E-state index contributed by atoms with van der Waals surface area (Å²) in [4.78, 5) is 29.9. The van der Waals surface area contributed by atoms with Gasteiger partial charge in [0, 0.05) is 25.2 Å². The Morgan fingerprint density at radius 1 is 0.635 bits per heavy atom. The van der Waals surface area contributed by atoms with Crippen LogP contribution in [-0.2, 0) is 0 Å². The van der Waals surface area contributed by atoms with E-state index in [1.807, 2.05) is 60.7 Å². The van der Waals surface area contributed by atoms with Crippen molar-refractivity contribution in [3.05, 3.63) is 103 Å². The maximum atomic E-state index is 12.7. The molecule has 0 spiro atoms. The molecule has 0 fully saturated rings. The number of rotatable bonds is 6. The standard InChI is InChI=1S/2C19H20BrN3O3/c2*1-25-15-9-10(8-13(20)17(15)26-2)18-22-19(24)12-5-3-4-11-14(21)6-7-23(18)16(11)12/h2*3-5,8-9,14,18H,6-7,21H2,1-2H3,(H,22,24)/t2*14-,18+/m10/s1. The molecule has 4 aliphatic heterocycles. The van der Waals surface area contributed by atoms with E-state index in [4.69, 9.17) is 30.4 Å². The van der Waals surface area contributed by atoms with Gasteiger partial charge in [0.05, 0.1) is 59.9 Å². The second-order valence-electron chi connectivity index (χ2n) is 12.9. The molecule has 272 valence electrons. The summed E-state index contributed by atoms with van der Waals surface area (Å²) in [7, 11) is 6.39. The third-order valence-corrected chi connectivity index (χ3v) is 11.2. The lowest BCUT2D eigenvalue weighted by Crippen LogP contribution is -2.49. The van der Waals surface area contributed by atoms with Crippen LogP contribution < -0.4 is 50.8 Å². The maximum Gasteiger partial charge on any atom is 0.255 e. The average Bonchev–Trinajstić information content (AvgIpc) is 3.15. The second-order valence-corrected chi connectivity index (χ2v) is 14.6. The average molecular weight is 837 g/mol. The molecule has 4 aromatic rings. The van der Waals surface area contributed by atoms with Crippen molar-refractivity contribution in [3.63, 3.8) is 0 Å². The smallest absolute Gasteiger partial charge is 0.255 e. The number of nitrogens with one attached hydrogen (secondary N) is 2. The first-order valence-electron chi connectivity index (χ1n) is 16.8. The van der Waals surface area contributed by atoms with Crippen molar-refractivity contribution in [3.8, 4) is 23.0 Å². The van der Waals surface area contributed by atoms with Crippen LogP contribution in [-0.4, -0.2) is 53.3 Å². The SMILES string of the molecule is COc1cc([C@@H]2NC(=O)c3cccc4c3N2CC[C@@H]4N)cc(Br)c1OC.COc1cc([C@H]2NC(=O)c3cccc4c3N2CC[C@H]4N)cc(Br)c1OC. The normalized spacial score (nSPS) is 21.1. The summed E-state index contributed by atoms with van der Waals surface area (Å²) in [5.74, 6) is 2.28. The highest BCUT2D eigenvalue weighted by atomic mass is 79.9. The number of nitrogens with two attached hydrogens (primary N) is 2. The Balaban J connectivity index is 0.000000162. The summed E-state index contributed by atoms with van der Waals surface area (Å²) in [6.45, 7) is 1.53. The molecule has 4 atom stereocenters. The van der Waals surface area contributed by atoms with E-state index >= 15 is 0 Å². The van der Waals surface area contributed by atoms with E-state index in [0.29, 0.717) is 34.1 Å². The van der Waals surface area contributed by atoms with Crippen molar-refractivity contribution in [1.82, 2.24) is 10.6 Å². The van der Waals surface area contributed by atoms with Crippen LogP contribution in [0.15, 0.2) is 69.6 Å². The van der Waals surface area contributed by atoms with Gasteiger partial charge in [-0.25, -0.2) is 0 Å². The molecule has 0 saturated carbocycles. The molecule has 12 nitrogen and oxygen atoms in total. The van der Waals surface area contributed by atoms with Crippen LogP contribution in [0.4, 0.5) is 11.4 Å². The zero-order valence-corrected chi connectivity index (χ0v) is 32.3. The van der Waals surface area contributed by atoms with Gasteiger partial charge in [0.25, 0.3) is 11.8 Å². The molecule has 4 aromatic carbocycles. The lowest BCUT2D eigenvalue weighted by molar-refractivity contribution is 0.0916. The number of carbonyl (C=O) groups excluding carboxylic acids is 2. The summed E-state index contributed by atoms with van der Waals surface area (Å²) in [5, 5.41) is 6.22. The number of hydrogen-bond acceptors (Lipinski definition) is 10. The molecule has 52 heavy (non-hydrogen) atoms. The first-order chi connectivity index (χ1) is 25.1. The number of amides is 2. The highest BCUT2D eigenvalue weighted by molar-refractivity contribution is 9.11. The Hall–Kier alpha value is -4.50. The topological polar surface area (TPSA) is 154 Å². The van der Waals surface area contributed by atoms with E-state index in [1.54, 1.807) is 28.4 Å². The molecule has 4 heterocycles. The summed E-state index contributed by atoms with van der Waals surface area (Å²) < 4.78 is 23.3. The molecular formula is C38H40Br2N6O6. The predicted molar refractivity (Wildman–Crippen MR) is 206 cm³/mol. The van der Waals surface area contributed by atoms with Crippen molar-refractivity contribution in [2.45, 2.75) is 37.3 Å². The lowest BCUT2D eigenvalue weighted by Gasteiger charge is -2.44. The Labute approximate surface area is 319 Å². The van der Waals surface area contributed by atoms with E-state index in [0.717, 1.165) is 68.5 Å². The number of nitrogens with zero attached hydrogens (tertiary/aromatic N) is 2. The van der Waals surface area contributed by atoms with Gasteiger partial charge >= 0.3 is 0 Å². The highest BCUT2D eigenvalue weighted by Crippen LogP contribution is 2.46. The molecule has 6 N–H and O–H groups in total. The monoisotopic (exact) mass is 834 g/mol. The van der Waals surface area contributed by atoms with Gasteiger partial charge in [0.2, 0.25) is 0 Å². The maximum absolute atomic E-state index is 12.7. The van der Waals surface area contributed by atoms with E-state index in [-0.39, 0.29) is 36.2 Å². The lowest BCUT2D eigenvalue weighted by atomic mass is 9.90. The first kappa shape index (κ1) is 35.9. The summed E-state index contributed by atoms with van der Waals surface area (Å²) in [6.07, 6.45) is 1.08. The van der Waals surface area contributed by atoms with Crippen LogP contribution in [0.2, 0.25) is 0 Å². The Morgan fingerprint density at radius 3 is 1.40 bits per heavy atom. The van der Waals surface area contributed by atoms with Crippen LogP contribution in [0, 0.1) is 0 Å². The summed E-state index contributed by atoms with van der Waals surface area (Å²) in [6, 6.07) is 19.1. The number of halogens is 2. The van der Waals surface area contributed by atoms with Gasteiger partial charge in [-0.2, -0.15) is 0 Å². The van der Waals surface area contributed by atoms with E-state index < -0.39 is 0 Å². The van der Waals surface area contributed by atoms with Gasteiger partial charge in [-0.3, -0.25) is 9.59 Å². The number of ether oxygens (including phenoxy) is 4. The highest BCUT2D eigenvalue weighted by Gasteiger charge is 2.39. The number of benzene rings is 4. The Morgan fingerprint density at radius 2 is 1.04 bits per heavy atom. The Kier molecular flexibility index (Phi) is 10.0. The first-order valence-corrected chi connectivity index (χ1v) is 18.4. The van der Waals surface area contributed by atoms with Crippen LogP contribution >= 0.6 is 31.9 Å². The third kappa shape index (κ3) is 6.10.